The molecule has 0 aliphatic carbocycles. The monoisotopic (exact) mass is 350 g/mol. The molecule has 5 nitrogen and oxygen atoms in total. The molecule has 2 aromatic carbocycles. The second-order valence-electron chi connectivity index (χ2n) is 6.16. The first kappa shape index (κ1) is 17.7. The maximum atomic E-state index is 12.5. The summed E-state index contributed by atoms with van der Waals surface area (Å²) in [5.41, 5.74) is 2.62. The van der Waals surface area contributed by atoms with Crippen molar-refractivity contribution in [1.29, 1.82) is 0 Å². The number of nitrogens with zero attached hydrogens (tertiary/aromatic N) is 2. The largest absolute Gasteiger partial charge is 0.497 e. The van der Waals surface area contributed by atoms with Crippen LogP contribution in [0.5, 0.6) is 5.75 Å². The van der Waals surface area contributed by atoms with Crippen molar-refractivity contribution in [1.82, 2.24) is 9.88 Å². The van der Waals surface area contributed by atoms with Gasteiger partial charge in [-0.15, -0.1) is 0 Å². The Morgan fingerprint density at radius 3 is 2.46 bits per heavy atom. The van der Waals surface area contributed by atoms with Crippen LogP contribution in [-0.4, -0.2) is 29.9 Å². The molecule has 0 aliphatic rings. The maximum Gasteiger partial charge on any atom is 0.228 e. The highest BCUT2D eigenvalue weighted by Gasteiger charge is 2.17. The molecule has 0 unspecified atom stereocenters. The van der Waals surface area contributed by atoms with Crippen LogP contribution in [0.1, 0.15) is 17.0 Å². The number of methoxy groups -OCH3 is 1. The van der Waals surface area contributed by atoms with E-state index in [0.717, 1.165) is 16.9 Å². The zero-order valence-electron chi connectivity index (χ0n) is 15.2. The second kappa shape index (κ2) is 7.87. The fourth-order valence-corrected chi connectivity index (χ4v) is 2.67. The van der Waals surface area contributed by atoms with Gasteiger partial charge in [-0.3, -0.25) is 4.79 Å². The molecule has 0 bridgehead atoms. The van der Waals surface area contributed by atoms with E-state index in [1.54, 1.807) is 19.1 Å². The van der Waals surface area contributed by atoms with Gasteiger partial charge < -0.3 is 14.1 Å². The van der Waals surface area contributed by atoms with Crippen molar-refractivity contribution >= 4 is 5.91 Å². The normalized spacial score (nSPS) is 10.6. The number of benzene rings is 2. The number of aromatic nitrogens is 1. The number of amides is 1. The van der Waals surface area contributed by atoms with Gasteiger partial charge in [0.15, 0.2) is 0 Å². The minimum absolute atomic E-state index is 0.00605. The van der Waals surface area contributed by atoms with Gasteiger partial charge in [0.25, 0.3) is 0 Å². The van der Waals surface area contributed by atoms with E-state index < -0.39 is 0 Å². The average molecular weight is 350 g/mol. The van der Waals surface area contributed by atoms with Crippen LogP contribution in [0.2, 0.25) is 0 Å². The fourth-order valence-electron chi connectivity index (χ4n) is 2.67. The number of carbonyl (C=O) groups is 1. The number of hydrogen-bond donors (Lipinski definition) is 0. The highest BCUT2D eigenvalue weighted by molar-refractivity contribution is 5.78. The Morgan fingerprint density at radius 2 is 1.81 bits per heavy atom. The standard InChI is InChI=1S/C21H22N2O3/c1-15-19(13-20(24)23(2)14-16-7-5-4-6-8-16)22-21(26-15)17-9-11-18(25-3)12-10-17/h4-12H,13-14H2,1-3H3. The summed E-state index contributed by atoms with van der Waals surface area (Å²) in [6, 6.07) is 17.4. The number of aryl methyl sites for hydroxylation is 1. The molecule has 26 heavy (non-hydrogen) atoms. The van der Waals surface area contributed by atoms with Crippen molar-refractivity contribution in [2.45, 2.75) is 19.9 Å². The average Bonchev–Trinajstić information content (AvgIpc) is 3.03. The third kappa shape index (κ3) is 4.11. The van der Waals surface area contributed by atoms with Gasteiger partial charge >= 0.3 is 0 Å². The van der Waals surface area contributed by atoms with Crippen LogP contribution >= 0.6 is 0 Å². The molecule has 1 aromatic heterocycles. The van der Waals surface area contributed by atoms with E-state index in [4.69, 9.17) is 9.15 Å². The van der Waals surface area contributed by atoms with Crippen molar-refractivity contribution in [2.24, 2.45) is 0 Å². The molecule has 134 valence electrons. The first-order valence-corrected chi connectivity index (χ1v) is 8.45. The molecule has 3 aromatic rings. The lowest BCUT2D eigenvalue weighted by Crippen LogP contribution is -2.28. The second-order valence-corrected chi connectivity index (χ2v) is 6.16. The van der Waals surface area contributed by atoms with Crippen molar-refractivity contribution in [3.8, 4) is 17.2 Å². The van der Waals surface area contributed by atoms with Crippen LogP contribution in [0.15, 0.2) is 59.0 Å². The molecule has 3 rings (SSSR count). The number of ether oxygens (including phenoxy) is 1. The van der Waals surface area contributed by atoms with Gasteiger partial charge in [0.1, 0.15) is 11.5 Å². The molecule has 0 radical (unpaired) electrons. The Bertz CT molecular complexity index is 870. The molecule has 0 aliphatic heterocycles. The first-order chi connectivity index (χ1) is 12.6. The Morgan fingerprint density at radius 1 is 1.12 bits per heavy atom. The highest BCUT2D eigenvalue weighted by Crippen LogP contribution is 2.24. The Hall–Kier alpha value is -3.08. The van der Waals surface area contributed by atoms with E-state index in [0.29, 0.717) is 23.9 Å². The topological polar surface area (TPSA) is 55.6 Å². The summed E-state index contributed by atoms with van der Waals surface area (Å²) in [5, 5.41) is 0. The lowest BCUT2D eigenvalue weighted by Gasteiger charge is -2.16. The van der Waals surface area contributed by atoms with Crippen LogP contribution in [0.25, 0.3) is 11.5 Å². The van der Waals surface area contributed by atoms with E-state index in [1.807, 2.05) is 61.5 Å². The Labute approximate surface area is 153 Å². The molecule has 0 atom stereocenters. The van der Waals surface area contributed by atoms with E-state index in [-0.39, 0.29) is 12.3 Å². The van der Waals surface area contributed by atoms with Crippen LogP contribution in [0, 0.1) is 6.92 Å². The van der Waals surface area contributed by atoms with Gasteiger partial charge in [0.2, 0.25) is 11.8 Å². The Kier molecular flexibility index (Phi) is 5.37. The third-order valence-electron chi connectivity index (χ3n) is 4.24. The summed E-state index contributed by atoms with van der Waals surface area (Å²) < 4.78 is 10.9. The van der Waals surface area contributed by atoms with Crippen molar-refractivity contribution in [3.05, 3.63) is 71.6 Å². The minimum atomic E-state index is 0.00605. The zero-order valence-corrected chi connectivity index (χ0v) is 15.2. The molecular weight excluding hydrogens is 328 g/mol. The van der Waals surface area contributed by atoms with Crippen molar-refractivity contribution in [2.75, 3.05) is 14.2 Å². The fraction of sp³-hybridized carbons (Fsp3) is 0.238. The molecule has 0 spiro atoms. The summed E-state index contributed by atoms with van der Waals surface area (Å²) in [5.74, 6) is 1.96. The number of rotatable bonds is 6. The number of oxazole rings is 1. The SMILES string of the molecule is COc1ccc(-c2nc(CC(=O)N(C)Cc3ccccc3)c(C)o2)cc1. The van der Waals surface area contributed by atoms with Gasteiger partial charge in [-0.2, -0.15) is 0 Å². The number of carbonyl (C=O) groups excluding carboxylic acids is 1. The maximum absolute atomic E-state index is 12.5. The summed E-state index contributed by atoms with van der Waals surface area (Å²) in [6.45, 7) is 2.40. The smallest absolute Gasteiger partial charge is 0.228 e. The zero-order chi connectivity index (χ0) is 18.5. The number of hydrogen-bond acceptors (Lipinski definition) is 4. The van der Waals surface area contributed by atoms with Crippen LogP contribution in [0.3, 0.4) is 0 Å². The van der Waals surface area contributed by atoms with E-state index in [9.17, 15) is 4.79 Å². The van der Waals surface area contributed by atoms with Crippen molar-refractivity contribution < 1.29 is 13.9 Å². The highest BCUT2D eigenvalue weighted by atomic mass is 16.5. The van der Waals surface area contributed by atoms with E-state index in [2.05, 4.69) is 4.98 Å². The molecule has 0 fully saturated rings. The quantitative estimate of drug-likeness (QED) is 0.677. The molecule has 0 N–H and O–H groups in total. The van der Waals surface area contributed by atoms with Crippen LogP contribution in [0.4, 0.5) is 0 Å². The summed E-state index contributed by atoms with van der Waals surface area (Å²) in [4.78, 5) is 18.7. The van der Waals surface area contributed by atoms with Crippen LogP contribution in [-0.2, 0) is 17.8 Å². The van der Waals surface area contributed by atoms with E-state index >= 15 is 0 Å². The summed E-state index contributed by atoms with van der Waals surface area (Å²) in [7, 11) is 3.43. The summed E-state index contributed by atoms with van der Waals surface area (Å²) >= 11 is 0. The van der Waals surface area contributed by atoms with Gasteiger partial charge in [-0.25, -0.2) is 4.98 Å². The minimum Gasteiger partial charge on any atom is -0.497 e. The predicted molar refractivity (Wildman–Crippen MR) is 99.8 cm³/mol. The lowest BCUT2D eigenvalue weighted by atomic mass is 10.2. The molecule has 1 amide bonds. The van der Waals surface area contributed by atoms with Gasteiger partial charge in [0, 0.05) is 19.2 Å². The molecular formula is C21H22N2O3. The predicted octanol–water partition coefficient (Wildman–Crippen LogP) is 3.86. The van der Waals surface area contributed by atoms with Crippen LogP contribution < -0.4 is 4.74 Å². The van der Waals surface area contributed by atoms with Gasteiger partial charge in [-0.05, 0) is 36.8 Å². The summed E-state index contributed by atoms with van der Waals surface area (Å²) in [6.07, 6.45) is 0.217. The van der Waals surface area contributed by atoms with Gasteiger partial charge in [0.05, 0.1) is 19.2 Å². The molecule has 0 saturated carbocycles. The van der Waals surface area contributed by atoms with Gasteiger partial charge in [-0.1, -0.05) is 30.3 Å². The van der Waals surface area contributed by atoms with E-state index in [1.165, 1.54) is 0 Å². The molecule has 1 heterocycles. The number of likely N-dealkylation sites (N-methyl/N-ethyl adjacent to an activating group) is 1. The lowest BCUT2D eigenvalue weighted by molar-refractivity contribution is -0.129. The molecule has 0 saturated heterocycles. The third-order valence-corrected chi connectivity index (χ3v) is 4.24. The first-order valence-electron chi connectivity index (χ1n) is 8.45. The Balaban J connectivity index is 1.69. The molecule has 5 heteroatoms. The van der Waals surface area contributed by atoms with Crippen molar-refractivity contribution in [3.63, 3.8) is 0 Å².